The number of nitrogens with one attached hydrogen (secondary N) is 1. The van der Waals surface area contributed by atoms with Crippen LogP contribution in [0.15, 0.2) is 76.9 Å². The number of halogens is 1. The van der Waals surface area contributed by atoms with Crippen molar-refractivity contribution in [3.05, 3.63) is 82.6 Å². The zero-order chi connectivity index (χ0) is 19.2. The van der Waals surface area contributed by atoms with Crippen molar-refractivity contribution in [3.63, 3.8) is 0 Å². The molecule has 5 nitrogen and oxygen atoms in total. The van der Waals surface area contributed by atoms with Crippen molar-refractivity contribution in [3.8, 4) is 17.5 Å². The van der Waals surface area contributed by atoms with Gasteiger partial charge in [-0.1, -0.05) is 22.0 Å². The second kappa shape index (κ2) is 8.39. The number of carbonyl (C=O) groups excluding carboxylic acids is 1. The third-order valence-electron chi connectivity index (χ3n) is 3.87. The van der Waals surface area contributed by atoms with Crippen LogP contribution in [0, 0.1) is 11.3 Å². The van der Waals surface area contributed by atoms with Crippen LogP contribution in [0.25, 0.3) is 11.8 Å². The topological polar surface area (TPSA) is 67.0 Å². The monoisotopic (exact) mass is 421 g/mol. The largest absolute Gasteiger partial charge is 0.497 e. The summed E-state index contributed by atoms with van der Waals surface area (Å²) >= 11 is 3.36. The molecule has 1 N–H and O–H groups in total. The Kier molecular flexibility index (Phi) is 5.74. The lowest BCUT2D eigenvalue weighted by atomic mass is 10.2. The molecule has 3 aromatic rings. The molecule has 134 valence electrons. The molecule has 0 fully saturated rings. The summed E-state index contributed by atoms with van der Waals surface area (Å²) < 4.78 is 7.91. The normalized spacial score (nSPS) is 10.9. The first kappa shape index (κ1) is 18.5. The molecule has 1 amide bonds. The van der Waals surface area contributed by atoms with Crippen molar-refractivity contribution in [1.29, 1.82) is 5.26 Å². The zero-order valence-electron chi connectivity index (χ0n) is 14.5. The molecular weight excluding hydrogens is 406 g/mol. The maximum absolute atomic E-state index is 12.5. The van der Waals surface area contributed by atoms with Crippen molar-refractivity contribution in [2.24, 2.45) is 0 Å². The number of hydrogen-bond donors (Lipinski definition) is 1. The Morgan fingerprint density at radius 1 is 1.19 bits per heavy atom. The fourth-order valence-electron chi connectivity index (χ4n) is 2.55. The molecule has 0 aliphatic heterocycles. The van der Waals surface area contributed by atoms with Gasteiger partial charge >= 0.3 is 0 Å². The van der Waals surface area contributed by atoms with Crippen molar-refractivity contribution in [2.75, 3.05) is 12.4 Å². The van der Waals surface area contributed by atoms with E-state index in [-0.39, 0.29) is 5.57 Å². The van der Waals surface area contributed by atoms with Gasteiger partial charge in [-0.05, 0) is 60.7 Å². The molecule has 1 aromatic heterocycles. The number of methoxy groups -OCH3 is 1. The maximum Gasteiger partial charge on any atom is 0.266 e. The highest BCUT2D eigenvalue weighted by molar-refractivity contribution is 9.10. The Bertz CT molecular complexity index is 1030. The summed E-state index contributed by atoms with van der Waals surface area (Å²) in [4.78, 5) is 12.5. The molecule has 0 saturated carbocycles. The van der Waals surface area contributed by atoms with Gasteiger partial charge in [0.15, 0.2) is 0 Å². The fourth-order valence-corrected chi connectivity index (χ4v) is 2.95. The molecule has 0 atom stereocenters. The first-order valence-corrected chi connectivity index (χ1v) is 8.90. The van der Waals surface area contributed by atoms with Gasteiger partial charge in [0.25, 0.3) is 5.91 Å². The first-order valence-electron chi connectivity index (χ1n) is 8.11. The van der Waals surface area contributed by atoms with E-state index in [1.54, 1.807) is 25.3 Å². The van der Waals surface area contributed by atoms with E-state index in [2.05, 4.69) is 21.2 Å². The van der Waals surface area contributed by atoms with Crippen LogP contribution in [0.3, 0.4) is 0 Å². The van der Waals surface area contributed by atoms with Gasteiger partial charge in [0.1, 0.15) is 17.4 Å². The number of aromatic nitrogens is 1. The van der Waals surface area contributed by atoms with Gasteiger partial charge in [-0.25, -0.2) is 0 Å². The second-order valence-corrected chi connectivity index (χ2v) is 6.55. The highest BCUT2D eigenvalue weighted by Gasteiger charge is 2.11. The molecular formula is C21H16BrN3O2. The Morgan fingerprint density at radius 2 is 1.96 bits per heavy atom. The van der Waals surface area contributed by atoms with Gasteiger partial charge in [-0.2, -0.15) is 5.26 Å². The summed E-state index contributed by atoms with van der Waals surface area (Å²) in [7, 11) is 1.61. The summed E-state index contributed by atoms with van der Waals surface area (Å²) in [5.74, 6) is 0.298. The number of nitriles is 1. The number of amides is 1. The van der Waals surface area contributed by atoms with E-state index in [1.807, 2.05) is 65.4 Å². The first-order chi connectivity index (χ1) is 13.1. The van der Waals surface area contributed by atoms with E-state index in [0.29, 0.717) is 5.69 Å². The molecule has 2 aromatic carbocycles. The fraction of sp³-hybridized carbons (Fsp3) is 0.0476. The van der Waals surface area contributed by atoms with Gasteiger partial charge in [-0.15, -0.1) is 0 Å². The minimum atomic E-state index is -0.460. The average Bonchev–Trinajstić information content (AvgIpc) is 3.14. The van der Waals surface area contributed by atoms with Crippen molar-refractivity contribution >= 4 is 33.6 Å². The van der Waals surface area contributed by atoms with Crippen molar-refractivity contribution in [1.82, 2.24) is 4.57 Å². The molecule has 0 spiro atoms. The predicted molar refractivity (Wildman–Crippen MR) is 109 cm³/mol. The lowest BCUT2D eigenvalue weighted by molar-refractivity contribution is -0.112. The SMILES string of the molecule is COc1ccc(-n2cccc2C=C(C#N)C(=O)Nc2cccc(Br)c2)cc1. The summed E-state index contributed by atoms with van der Waals surface area (Å²) in [5, 5.41) is 12.2. The summed E-state index contributed by atoms with van der Waals surface area (Å²) in [6.07, 6.45) is 3.44. The van der Waals surface area contributed by atoms with Crippen LogP contribution in [0.5, 0.6) is 5.75 Å². The Balaban J connectivity index is 1.87. The van der Waals surface area contributed by atoms with Crippen molar-refractivity contribution < 1.29 is 9.53 Å². The number of ether oxygens (including phenoxy) is 1. The third kappa shape index (κ3) is 4.46. The van der Waals surface area contributed by atoms with Gasteiger partial charge < -0.3 is 14.6 Å². The molecule has 0 saturated heterocycles. The van der Waals surface area contributed by atoms with Crippen LogP contribution in [0.1, 0.15) is 5.69 Å². The molecule has 0 radical (unpaired) electrons. The van der Waals surface area contributed by atoms with Crippen molar-refractivity contribution in [2.45, 2.75) is 0 Å². The van der Waals surface area contributed by atoms with Gasteiger partial charge in [-0.3, -0.25) is 4.79 Å². The highest BCUT2D eigenvalue weighted by atomic mass is 79.9. The Morgan fingerprint density at radius 3 is 2.63 bits per heavy atom. The molecule has 27 heavy (non-hydrogen) atoms. The zero-order valence-corrected chi connectivity index (χ0v) is 16.1. The van der Waals surface area contributed by atoms with E-state index < -0.39 is 5.91 Å². The molecule has 0 aliphatic carbocycles. The molecule has 1 heterocycles. The number of nitrogens with zero attached hydrogens (tertiary/aromatic N) is 2. The van der Waals surface area contributed by atoms with E-state index in [1.165, 1.54) is 0 Å². The van der Waals surface area contributed by atoms with Gasteiger partial charge in [0, 0.05) is 27.7 Å². The van der Waals surface area contributed by atoms with E-state index in [4.69, 9.17) is 4.74 Å². The number of benzene rings is 2. The standard InChI is InChI=1S/C21H16BrN3O2/c1-27-20-9-7-18(8-10-20)25-11-3-6-19(25)12-15(14-23)21(26)24-17-5-2-4-16(22)13-17/h2-13H,1H3,(H,24,26). The number of hydrogen-bond acceptors (Lipinski definition) is 3. The smallest absolute Gasteiger partial charge is 0.266 e. The number of carbonyl (C=O) groups is 1. The average molecular weight is 422 g/mol. The molecule has 0 bridgehead atoms. The Labute approximate surface area is 165 Å². The number of rotatable bonds is 5. The van der Waals surface area contributed by atoms with Crippen LogP contribution in [0.4, 0.5) is 5.69 Å². The van der Waals surface area contributed by atoms with E-state index >= 15 is 0 Å². The molecule has 6 heteroatoms. The van der Waals surface area contributed by atoms with E-state index in [0.717, 1.165) is 21.6 Å². The highest BCUT2D eigenvalue weighted by Crippen LogP contribution is 2.20. The lowest BCUT2D eigenvalue weighted by Crippen LogP contribution is -2.13. The minimum absolute atomic E-state index is 0.0171. The summed E-state index contributed by atoms with van der Waals surface area (Å²) in [6.45, 7) is 0. The molecule has 0 unspecified atom stereocenters. The summed E-state index contributed by atoms with van der Waals surface area (Å²) in [6, 6.07) is 20.4. The minimum Gasteiger partial charge on any atom is -0.497 e. The van der Waals surface area contributed by atoms with Crippen LogP contribution in [0.2, 0.25) is 0 Å². The van der Waals surface area contributed by atoms with Gasteiger partial charge in [0.05, 0.1) is 7.11 Å². The van der Waals surface area contributed by atoms with Crippen LogP contribution in [-0.2, 0) is 4.79 Å². The van der Waals surface area contributed by atoms with Crippen LogP contribution >= 0.6 is 15.9 Å². The van der Waals surface area contributed by atoms with Crippen LogP contribution < -0.4 is 10.1 Å². The van der Waals surface area contributed by atoms with Gasteiger partial charge in [0.2, 0.25) is 0 Å². The third-order valence-corrected chi connectivity index (χ3v) is 4.36. The number of anilines is 1. The summed E-state index contributed by atoms with van der Waals surface area (Å²) in [5.41, 5.74) is 2.25. The van der Waals surface area contributed by atoms with Crippen LogP contribution in [-0.4, -0.2) is 17.6 Å². The molecule has 0 aliphatic rings. The Hall–Kier alpha value is -3.30. The molecule has 3 rings (SSSR count). The lowest BCUT2D eigenvalue weighted by Gasteiger charge is -2.09. The van der Waals surface area contributed by atoms with E-state index in [9.17, 15) is 10.1 Å². The quantitative estimate of drug-likeness (QED) is 0.475. The predicted octanol–water partition coefficient (Wildman–Crippen LogP) is 4.79. The maximum atomic E-state index is 12.5. The second-order valence-electron chi connectivity index (χ2n) is 5.64.